The first kappa shape index (κ1) is 19.5. The van der Waals surface area contributed by atoms with E-state index in [1.807, 2.05) is 48.5 Å². The van der Waals surface area contributed by atoms with Crippen LogP contribution in [0.3, 0.4) is 0 Å². The minimum atomic E-state index is -0.481. The fraction of sp³-hybridized carbons (Fsp3) is 0.143. The Bertz CT molecular complexity index is 1110. The van der Waals surface area contributed by atoms with Crippen molar-refractivity contribution in [3.05, 3.63) is 86.1 Å². The van der Waals surface area contributed by atoms with Crippen molar-refractivity contribution in [3.8, 4) is 11.9 Å². The summed E-state index contributed by atoms with van der Waals surface area (Å²) in [4.78, 5) is 12.9. The summed E-state index contributed by atoms with van der Waals surface area (Å²) in [5, 5.41) is 28.1. The Labute approximate surface area is 170 Å². The van der Waals surface area contributed by atoms with Gasteiger partial charge in [0.2, 0.25) is 5.88 Å². The topological polar surface area (TPSA) is 90.7 Å². The summed E-state index contributed by atoms with van der Waals surface area (Å²) < 4.78 is 2.08. The maximum atomic E-state index is 12.9. The average Bonchev–Trinajstić information content (AvgIpc) is 2.70. The molecule has 6 nitrogen and oxygen atoms in total. The van der Waals surface area contributed by atoms with E-state index in [-0.39, 0.29) is 23.7 Å². The zero-order valence-corrected chi connectivity index (χ0v) is 16.7. The Morgan fingerprint density at radius 1 is 1.11 bits per heavy atom. The average molecular weight is 437 g/mol. The largest absolute Gasteiger partial charge is 0.493 e. The lowest BCUT2D eigenvalue weighted by Gasteiger charge is -2.13. The number of halogens is 1. The minimum absolute atomic E-state index is 0.0254. The summed E-state index contributed by atoms with van der Waals surface area (Å²) in [6.45, 7) is 1.81. The number of rotatable bonds is 5. The standard InChI is InChI=1S/C21H17BrN4O2/c1-14-18(13-23)20(27)26(12-11-15-5-3-2-4-6-15)21(28)19(14)25-24-17-9-7-16(22)8-10-17/h2-10,27H,11-12H2,1H3. The van der Waals surface area contributed by atoms with Crippen LogP contribution in [0.15, 0.2) is 74.1 Å². The number of benzene rings is 2. The van der Waals surface area contributed by atoms with Crippen LogP contribution in [0, 0.1) is 18.3 Å². The van der Waals surface area contributed by atoms with Gasteiger partial charge in [-0.15, -0.1) is 5.11 Å². The molecule has 1 heterocycles. The third-order valence-electron chi connectivity index (χ3n) is 4.33. The van der Waals surface area contributed by atoms with Crippen molar-refractivity contribution in [3.63, 3.8) is 0 Å². The molecule has 0 aliphatic rings. The van der Waals surface area contributed by atoms with Crippen LogP contribution < -0.4 is 5.56 Å². The summed E-state index contributed by atoms with van der Waals surface area (Å²) in [7, 11) is 0. The second-order valence-electron chi connectivity index (χ2n) is 6.15. The number of aryl methyl sites for hydroxylation is 1. The second kappa shape index (κ2) is 8.63. The summed E-state index contributed by atoms with van der Waals surface area (Å²) in [5.41, 5.74) is 1.49. The molecule has 0 aliphatic heterocycles. The Morgan fingerprint density at radius 3 is 2.43 bits per heavy atom. The molecular weight excluding hydrogens is 420 g/mol. The zero-order chi connectivity index (χ0) is 20.1. The van der Waals surface area contributed by atoms with Crippen molar-refractivity contribution in [2.24, 2.45) is 10.2 Å². The molecule has 140 valence electrons. The number of hydrogen-bond acceptors (Lipinski definition) is 5. The summed E-state index contributed by atoms with van der Waals surface area (Å²) >= 11 is 3.35. The molecule has 0 spiro atoms. The third kappa shape index (κ3) is 4.18. The fourth-order valence-corrected chi connectivity index (χ4v) is 3.03. The monoisotopic (exact) mass is 436 g/mol. The van der Waals surface area contributed by atoms with Crippen molar-refractivity contribution < 1.29 is 5.11 Å². The van der Waals surface area contributed by atoms with E-state index in [1.54, 1.807) is 19.1 Å². The maximum absolute atomic E-state index is 12.9. The highest BCUT2D eigenvalue weighted by atomic mass is 79.9. The fourth-order valence-electron chi connectivity index (χ4n) is 2.77. The van der Waals surface area contributed by atoms with Crippen LogP contribution in [0.4, 0.5) is 11.4 Å². The molecular formula is C21H17BrN4O2. The van der Waals surface area contributed by atoms with E-state index in [2.05, 4.69) is 26.2 Å². The molecule has 0 unspecified atom stereocenters. The molecule has 0 radical (unpaired) electrons. The number of pyridine rings is 1. The van der Waals surface area contributed by atoms with Crippen LogP contribution in [0.5, 0.6) is 5.88 Å². The van der Waals surface area contributed by atoms with Crippen molar-refractivity contribution in [1.82, 2.24) is 4.57 Å². The highest BCUT2D eigenvalue weighted by Crippen LogP contribution is 2.27. The predicted molar refractivity (Wildman–Crippen MR) is 110 cm³/mol. The molecule has 0 amide bonds. The van der Waals surface area contributed by atoms with Gasteiger partial charge in [0.1, 0.15) is 11.6 Å². The molecule has 3 aromatic rings. The van der Waals surface area contributed by atoms with E-state index < -0.39 is 5.56 Å². The zero-order valence-electron chi connectivity index (χ0n) is 15.1. The molecule has 0 saturated heterocycles. The number of nitriles is 1. The Balaban J connectivity index is 2.01. The molecule has 0 atom stereocenters. The van der Waals surface area contributed by atoms with Crippen LogP contribution in [0.25, 0.3) is 0 Å². The summed E-state index contributed by atoms with van der Waals surface area (Å²) in [5.74, 6) is -0.344. The lowest BCUT2D eigenvalue weighted by molar-refractivity contribution is 0.404. The maximum Gasteiger partial charge on any atom is 0.281 e. The SMILES string of the molecule is Cc1c(C#N)c(O)n(CCc2ccccc2)c(=O)c1N=Nc1ccc(Br)cc1. The van der Waals surface area contributed by atoms with Crippen LogP contribution in [-0.4, -0.2) is 9.67 Å². The van der Waals surface area contributed by atoms with E-state index >= 15 is 0 Å². The van der Waals surface area contributed by atoms with Gasteiger partial charge in [0.25, 0.3) is 5.56 Å². The first-order valence-corrected chi connectivity index (χ1v) is 9.38. The van der Waals surface area contributed by atoms with Crippen LogP contribution in [0.1, 0.15) is 16.7 Å². The molecule has 3 rings (SSSR count). The molecule has 0 bridgehead atoms. The van der Waals surface area contributed by atoms with Gasteiger partial charge in [0, 0.05) is 16.6 Å². The van der Waals surface area contributed by atoms with Crippen molar-refractivity contribution >= 4 is 27.3 Å². The highest BCUT2D eigenvalue weighted by molar-refractivity contribution is 9.10. The minimum Gasteiger partial charge on any atom is -0.493 e. The molecule has 1 N–H and O–H groups in total. The molecule has 0 fully saturated rings. The quantitative estimate of drug-likeness (QED) is 0.560. The summed E-state index contributed by atoms with van der Waals surface area (Å²) in [6.07, 6.45) is 0.533. The third-order valence-corrected chi connectivity index (χ3v) is 4.86. The number of aromatic hydroxyl groups is 1. The number of nitrogens with zero attached hydrogens (tertiary/aromatic N) is 4. The van der Waals surface area contributed by atoms with Gasteiger partial charge in [0.05, 0.1) is 5.69 Å². The van der Waals surface area contributed by atoms with Gasteiger partial charge in [0.15, 0.2) is 5.69 Å². The van der Waals surface area contributed by atoms with Gasteiger partial charge in [-0.2, -0.15) is 10.4 Å². The molecule has 0 aliphatic carbocycles. The van der Waals surface area contributed by atoms with Crippen LogP contribution in [-0.2, 0) is 13.0 Å². The summed E-state index contributed by atoms with van der Waals surface area (Å²) in [6, 6.07) is 18.7. The van der Waals surface area contributed by atoms with Crippen molar-refractivity contribution in [2.45, 2.75) is 19.9 Å². The van der Waals surface area contributed by atoms with Gasteiger partial charge < -0.3 is 5.11 Å². The number of azo groups is 1. The molecule has 2 aromatic carbocycles. The molecule has 7 heteroatoms. The van der Waals surface area contributed by atoms with Gasteiger partial charge >= 0.3 is 0 Å². The van der Waals surface area contributed by atoms with Gasteiger partial charge in [-0.05, 0) is 43.2 Å². The predicted octanol–water partition coefficient (Wildman–Crippen LogP) is 5.15. The van der Waals surface area contributed by atoms with Crippen molar-refractivity contribution in [1.29, 1.82) is 5.26 Å². The highest BCUT2D eigenvalue weighted by Gasteiger charge is 2.19. The van der Waals surface area contributed by atoms with Gasteiger partial charge in [-0.3, -0.25) is 9.36 Å². The Kier molecular flexibility index (Phi) is 6.02. The second-order valence-corrected chi connectivity index (χ2v) is 7.07. The van der Waals surface area contributed by atoms with Gasteiger partial charge in [-0.25, -0.2) is 0 Å². The lowest BCUT2D eigenvalue weighted by atomic mass is 10.1. The molecule has 28 heavy (non-hydrogen) atoms. The van der Waals surface area contributed by atoms with E-state index in [0.29, 0.717) is 17.7 Å². The van der Waals surface area contributed by atoms with Gasteiger partial charge in [-0.1, -0.05) is 46.3 Å². The normalized spacial score (nSPS) is 10.9. The Hall–Kier alpha value is -3.24. The van der Waals surface area contributed by atoms with Crippen LogP contribution >= 0.6 is 15.9 Å². The van der Waals surface area contributed by atoms with Crippen LogP contribution in [0.2, 0.25) is 0 Å². The smallest absolute Gasteiger partial charge is 0.281 e. The van der Waals surface area contributed by atoms with E-state index in [4.69, 9.17) is 0 Å². The number of aromatic nitrogens is 1. The van der Waals surface area contributed by atoms with E-state index in [0.717, 1.165) is 10.0 Å². The lowest BCUT2D eigenvalue weighted by Crippen LogP contribution is -2.22. The van der Waals surface area contributed by atoms with Crippen molar-refractivity contribution in [2.75, 3.05) is 0 Å². The first-order valence-electron chi connectivity index (χ1n) is 8.59. The van der Waals surface area contributed by atoms with E-state index in [1.165, 1.54) is 4.57 Å². The molecule has 0 saturated carbocycles. The van der Waals surface area contributed by atoms with E-state index in [9.17, 15) is 15.2 Å². The number of hydrogen-bond donors (Lipinski definition) is 1. The molecule has 1 aromatic heterocycles. The Morgan fingerprint density at radius 2 is 1.79 bits per heavy atom. The first-order chi connectivity index (χ1) is 13.5.